The average molecular weight is 264 g/mol. The number of hydrogen-bond acceptors (Lipinski definition) is 4. The van der Waals surface area contributed by atoms with Gasteiger partial charge < -0.3 is 14.4 Å². The zero-order valence-electron chi connectivity index (χ0n) is 10.4. The van der Waals surface area contributed by atoms with Crippen LogP contribution in [0.25, 0.3) is 11.1 Å². The molecule has 7 nitrogen and oxygen atoms in total. The van der Waals surface area contributed by atoms with Crippen LogP contribution in [0.5, 0.6) is 0 Å². The molecule has 0 atom stereocenters. The van der Waals surface area contributed by atoms with Crippen molar-refractivity contribution in [1.82, 2.24) is 9.47 Å². The number of hydrogen-bond donors (Lipinski definition) is 1. The number of carbonyl (C=O) groups is 2. The van der Waals surface area contributed by atoms with Crippen molar-refractivity contribution in [2.45, 2.75) is 6.54 Å². The number of amides is 1. The predicted octanol–water partition coefficient (Wildman–Crippen LogP) is 0.381. The smallest absolute Gasteiger partial charge is 0.420 e. The monoisotopic (exact) mass is 264 g/mol. The Kier molecular flexibility index (Phi) is 3.12. The fraction of sp³-hybridized carbons (Fsp3) is 0.250. The van der Waals surface area contributed by atoms with Crippen molar-refractivity contribution in [3.63, 3.8) is 0 Å². The lowest BCUT2D eigenvalue weighted by molar-refractivity contribution is -0.137. The third kappa shape index (κ3) is 2.35. The number of carboxylic acids is 1. The Morgan fingerprint density at radius 3 is 2.63 bits per heavy atom. The van der Waals surface area contributed by atoms with Crippen LogP contribution in [0.1, 0.15) is 10.4 Å². The molecule has 2 aromatic rings. The van der Waals surface area contributed by atoms with E-state index in [1.807, 2.05) is 0 Å². The molecule has 0 aliphatic heterocycles. The molecule has 1 amide bonds. The summed E-state index contributed by atoms with van der Waals surface area (Å²) in [5.41, 5.74) is 0.912. The molecule has 0 spiro atoms. The van der Waals surface area contributed by atoms with Crippen molar-refractivity contribution < 1.29 is 19.1 Å². The molecule has 100 valence electrons. The maximum Gasteiger partial charge on any atom is 0.420 e. The summed E-state index contributed by atoms with van der Waals surface area (Å²) in [4.78, 5) is 35.4. The van der Waals surface area contributed by atoms with E-state index in [0.29, 0.717) is 11.1 Å². The van der Waals surface area contributed by atoms with Gasteiger partial charge in [0.25, 0.3) is 5.91 Å². The summed E-state index contributed by atoms with van der Waals surface area (Å²) in [6, 6.07) is 4.45. The molecule has 0 unspecified atom stereocenters. The number of carboxylic acid groups (broad SMARTS) is 1. The molecule has 1 aromatic carbocycles. The highest BCUT2D eigenvalue weighted by atomic mass is 16.4. The zero-order chi connectivity index (χ0) is 14.2. The fourth-order valence-corrected chi connectivity index (χ4v) is 1.74. The van der Waals surface area contributed by atoms with E-state index < -0.39 is 18.3 Å². The molecule has 1 aromatic heterocycles. The normalized spacial score (nSPS) is 10.6. The number of aliphatic carboxylic acids is 1. The van der Waals surface area contributed by atoms with Crippen molar-refractivity contribution in [2.75, 3.05) is 14.1 Å². The van der Waals surface area contributed by atoms with Crippen LogP contribution in [0.4, 0.5) is 0 Å². The highest BCUT2D eigenvalue weighted by Gasteiger charge is 2.15. The molecule has 19 heavy (non-hydrogen) atoms. The Morgan fingerprint density at radius 2 is 2.05 bits per heavy atom. The molecule has 0 aliphatic carbocycles. The van der Waals surface area contributed by atoms with Crippen LogP contribution in [0.3, 0.4) is 0 Å². The molecular weight excluding hydrogens is 252 g/mol. The van der Waals surface area contributed by atoms with Gasteiger partial charge in [0.1, 0.15) is 6.54 Å². The first kappa shape index (κ1) is 12.9. The molecule has 0 saturated carbocycles. The number of oxazole rings is 1. The van der Waals surface area contributed by atoms with Crippen molar-refractivity contribution in [3.8, 4) is 0 Å². The van der Waals surface area contributed by atoms with E-state index in [1.165, 1.54) is 23.1 Å². The number of aromatic nitrogens is 1. The van der Waals surface area contributed by atoms with Gasteiger partial charge in [-0.05, 0) is 18.2 Å². The first-order valence-electron chi connectivity index (χ1n) is 5.47. The topological polar surface area (TPSA) is 92.8 Å². The Balaban J connectivity index is 2.55. The average Bonchev–Trinajstić information content (AvgIpc) is 2.63. The molecule has 1 heterocycles. The third-order valence-corrected chi connectivity index (χ3v) is 2.61. The lowest BCUT2D eigenvalue weighted by Gasteiger charge is -2.09. The summed E-state index contributed by atoms with van der Waals surface area (Å²) in [5.74, 6) is -2.12. The molecule has 0 saturated heterocycles. The van der Waals surface area contributed by atoms with Gasteiger partial charge in [-0.1, -0.05) is 0 Å². The number of carbonyl (C=O) groups excluding carboxylic acids is 1. The Labute approximate surface area is 107 Å². The van der Waals surface area contributed by atoms with Crippen molar-refractivity contribution in [2.24, 2.45) is 0 Å². The van der Waals surface area contributed by atoms with Crippen LogP contribution >= 0.6 is 0 Å². The maximum absolute atomic E-state index is 11.8. The highest BCUT2D eigenvalue weighted by molar-refractivity contribution is 5.96. The van der Waals surface area contributed by atoms with Gasteiger partial charge in [0, 0.05) is 19.7 Å². The largest absolute Gasteiger partial charge is 0.480 e. The van der Waals surface area contributed by atoms with E-state index >= 15 is 0 Å². The quantitative estimate of drug-likeness (QED) is 0.865. The Bertz CT molecular complexity index is 710. The summed E-state index contributed by atoms with van der Waals surface area (Å²) in [6.07, 6.45) is 0. The van der Waals surface area contributed by atoms with Gasteiger partial charge >= 0.3 is 11.7 Å². The second kappa shape index (κ2) is 4.60. The minimum Gasteiger partial charge on any atom is -0.480 e. The fourth-order valence-electron chi connectivity index (χ4n) is 1.74. The van der Waals surface area contributed by atoms with Gasteiger partial charge in [0.2, 0.25) is 0 Å². The van der Waals surface area contributed by atoms with E-state index in [4.69, 9.17) is 9.52 Å². The highest BCUT2D eigenvalue weighted by Crippen LogP contribution is 2.16. The van der Waals surface area contributed by atoms with Crippen LogP contribution in [0, 0.1) is 0 Å². The number of benzene rings is 1. The van der Waals surface area contributed by atoms with Crippen LogP contribution in [-0.2, 0) is 11.3 Å². The van der Waals surface area contributed by atoms with E-state index in [9.17, 15) is 14.4 Å². The summed E-state index contributed by atoms with van der Waals surface area (Å²) in [5, 5.41) is 8.72. The second-order valence-electron chi connectivity index (χ2n) is 4.23. The van der Waals surface area contributed by atoms with Crippen LogP contribution in [0.15, 0.2) is 27.4 Å². The van der Waals surface area contributed by atoms with Crippen LogP contribution in [-0.4, -0.2) is 40.5 Å². The first-order valence-corrected chi connectivity index (χ1v) is 5.47. The summed E-state index contributed by atoms with van der Waals surface area (Å²) < 4.78 is 5.95. The zero-order valence-corrected chi connectivity index (χ0v) is 10.4. The molecule has 2 rings (SSSR count). The van der Waals surface area contributed by atoms with Gasteiger partial charge in [0.05, 0.1) is 5.52 Å². The standard InChI is InChI=1S/C12H12N2O5/c1-13(2)11(17)7-3-4-8-9(5-7)19-12(18)14(8)6-10(15)16/h3-5H,6H2,1-2H3,(H,15,16). The summed E-state index contributed by atoms with van der Waals surface area (Å²) >= 11 is 0. The Hall–Kier alpha value is -2.57. The summed E-state index contributed by atoms with van der Waals surface area (Å²) in [7, 11) is 3.22. The molecule has 1 N–H and O–H groups in total. The molecule has 0 bridgehead atoms. The van der Waals surface area contributed by atoms with E-state index in [1.54, 1.807) is 14.1 Å². The number of rotatable bonds is 3. The third-order valence-electron chi connectivity index (χ3n) is 2.61. The minimum atomic E-state index is -1.14. The van der Waals surface area contributed by atoms with Crippen LogP contribution in [0.2, 0.25) is 0 Å². The minimum absolute atomic E-state index is 0.193. The van der Waals surface area contributed by atoms with E-state index in [2.05, 4.69) is 0 Å². The lowest BCUT2D eigenvalue weighted by atomic mass is 10.2. The van der Waals surface area contributed by atoms with E-state index in [0.717, 1.165) is 4.57 Å². The molecule has 0 fully saturated rings. The van der Waals surface area contributed by atoms with Gasteiger partial charge in [-0.3, -0.25) is 14.2 Å². The van der Waals surface area contributed by atoms with Gasteiger partial charge in [-0.2, -0.15) is 0 Å². The molecular formula is C12H12N2O5. The van der Waals surface area contributed by atoms with Crippen molar-refractivity contribution >= 4 is 23.0 Å². The summed E-state index contributed by atoms with van der Waals surface area (Å²) in [6.45, 7) is -0.479. The maximum atomic E-state index is 11.8. The molecule has 7 heteroatoms. The van der Waals surface area contributed by atoms with E-state index in [-0.39, 0.29) is 11.5 Å². The van der Waals surface area contributed by atoms with Crippen LogP contribution < -0.4 is 5.76 Å². The predicted molar refractivity (Wildman–Crippen MR) is 66.1 cm³/mol. The SMILES string of the molecule is CN(C)C(=O)c1ccc2c(c1)oc(=O)n2CC(=O)O. The Morgan fingerprint density at radius 1 is 1.37 bits per heavy atom. The van der Waals surface area contributed by atoms with Gasteiger partial charge in [-0.15, -0.1) is 0 Å². The molecule has 0 aliphatic rings. The second-order valence-corrected chi connectivity index (χ2v) is 4.23. The van der Waals surface area contributed by atoms with Gasteiger partial charge in [-0.25, -0.2) is 4.79 Å². The lowest BCUT2D eigenvalue weighted by Crippen LogP contribution is -2.21. The number of nitrogens with zero attached hydrogens (tertiary/aromatic N) is 2. The first-order chi connectivity index (χ1) is 8.90. The van der Waals surface area contributed by atoms with Gasteiger partial charge in [0.15, 0.2) is 5.58 Å². The molecule has 0 radical (unpaired) electrons. The van der Waals surface area contributed by atoms with Crippen molar-refractivity contribution in [1.29, 1.82) is 0 Å². The van der Waals surface area contributed by atoms with Crippen molar-refractivity contribution in [3.05, 3.63) is 34.3 Å². The number of fused-ring (bicyclic) bond motifs is 1.